The predicted octanol–water partition coefficient (Wildman–Crippen LogP) is 3.41. The van der Waals surface area contributed by atoms with Gasteiger partial charge in [0.2, 0.25) is 0 Å². The van der Waals surface area contributed by atoms with Crippen LogP contribution >= 0.6 is 0 Å². The van der Waals surface area contributed by atoms with Gasteiger partial charge in [-0.3, -0.25) is 0 Å². The first-order valence-corrected chi connectivity index (χ1v) is 12.8. The van der Waals surface area contributed by atoms with Crippen molar-refractivity contribution >= 4 is 0 Å². The number of benzene rings is 1. The Labute approximate surface area is 200 Å². The molecule has 0 aliphatic heterocycles. The maximum absolute atomic E-state index is 6.17. The van der Waals surface area contributed by atoms with Crippen molar-refractivity contribution in [2.75, 3.05) is 13.9 Å². The Balaban J connectivity index is 0.00000185. The van der Waals surface area contributed by atoms with Crippen molar-refractivity contribution in [1.29, 1.82) is 0 Å². The molecular formula is C28H37LiO2. The molecular weight excluding hydrogens is 375 g/mol. The standard InChI is InChI=1S/C28H37O2.Li/c1-29-17-30-26-3-2-24(27-11-18-4-19(12-27)6-20(5-18)13-27)10-25(26)28-14-21-7-22(15-28)9-23(8-21)16-28;/h2,10,18-23H,4-9,11-17H2,1H3;/q-1;+1. The van der Waals surface area contributed by atoms with Crippen LogP contribution < -0.4 is 23.6 Å². The van der Waals surface area contributed by atoms with Crippen LogP contribution in [0.3, 0.4) is 0 Å². The van der Waals surface area contributed by atoms with Gasteiger partial charge in [-0.1, -0.05) is 38.5 Å². The van der Waals surface area contributed by atoms with Gasteiger partial charge >= 0.3 is 18.9 Å². The van der Waals surface area contributed by atoms with Crippen LogP contribution in [0.2, 0.25) is 0 Å². The quantitative estimate of drug-likeness (QED) is 0.419. The fourth-order valence-corrected chi connectivity index (χ4v) is 10.3. The molecule has 162 valence electrons. The zero-order valence-corrected chi connectivity index (χ0v) is 19.6. The molecule has 0 aromatic heterocycles. The SMILES string of the molecule is COCOc1[c-]cc(C23CC4CC(CC(C4)C2)C3)cc1C12CC3CC(CC(C3)C1)C2.[Li+]. The zero-order valence-electron chi connectivity index (χ0n) is 19.6. The van der Waals surface area contributed by atoms with E-state index in [1.165, 1.54) is 82.6 Å². The van der Waals surface area contributed by atoms with Gasteiger partial charge in [-0.05, 0) is 84.9 Å². The molecule has 8 aliphatic carbocycles. The third-order valence-electron chi connectivity index (χ3n) is 10.5. The smallest absolute Gasteiger partial charge is 0.493 e. The maximum atomic E-state index is 6.17. The predicted molar refractivity (Wildman–Crippen MR) is 117 cm³/mol. The van der Waals surface area contributed by atoms with Crippen molar-refractivity contribution in [2.24, 2.45) is 35.5 Å². The summed E-state index contributed by atoms with van der Waals surface area (Å²) in [7, 11) is 1.73. The molecule has 0 amide bonds. The van der Waals surface area contributed by atoms with E-state index in [-0.39, 0.29) is 18.9 Å². The Kier molecular flexibility index (Phi) is 5.14. The minimum Gasteiger partial charge on any atom is -0.493 e. The van der Waals surface area contributed by atoms with Crippen LogP contribution in [0.5, 0.6) is 5.75 Å². The van der Waals surface area contributed by atoms with E-state index >= 15 is 0 Å². The van der Waals surface area contributed by atoms with E-state index in [1.807, 2.05) is 0 Å². The van der Waals surface area contributed by atoms with Crippen LogP contribution in [0.1, 0.15) is 88.2 Å². The summed E-state index contributed by atoms with van der Waals surface area (Å²) in [4.78, 5) is 0. The molecule has 8 saturated carbocycles. The zero-order chi connectivity index (χ0) is 19.9. The van der Waals surface area contributed by atoms with Crippen LogP contribution in [0.25, 0.3) is 0 Å². The van der Waals surface area contributed by atoms with E-state index in [1.54, 1.807) is 12.7 Å². The van der Waals surface area contributed by atoms with Crippen LogP contribution in [0.4, 0.5) is 0 Å². The van der Waals surface area contributed by atoms with Gasteiger partial charge in [-0.15, -0.1) is 17.2 Å². The molecule has 1 aromatic rings. The van der Waals surface area contributed by atoms with Gasteiger partial charge in [0.25, 0.3) is 0 Å². The minimum atomic E-state index is 0. The molecule has 0 spiro atoms. The third-order valence-corrected chi connectivity index (χ3v) is 10.5. The number of ether oxygens (including phenoxy) is 2. The molecule has 8 aliphatic rings. The summed E-state index contributed by atoms with van der Waals surface area (Å²) < 4.78 is 11.5. The molecule has 8 bridgehead atoms. The van der Waals surface area contributed by atoms with Crippen LogP contribution in [-0.2, 0) is 15.6 Å². The number of hydrogen-bond acceptors (Lipinski definition) is 2. The fraction of sp³-hybridized carbons (Fsp3) is 0.786. The second-order valence-corrected chi connectivity index (χ2v) is 12.6. The van der Waals surface area contributed by atoms with Crippen molar-refractivity contribution < 1.29 is 28.3 Å². The van der Waals surface area contributed by atoms with Gasteiger partial charge in [0.15, 0.2) is 6.79 Å². The van der Waals surface area contributed by atoms with Crippen LogP contribution in [0, 0.1) is 41.6 Å². The summed E-state index contributed by atoms with van der Waals surface area (Å²) in [5.41, 5.74) is 3.94. The maximum Gasteiger partial charge on any atom is 1.00 e. The molecule has 0 saturated heterocycles. The van der Waals surface area contributed by atoms with Crippen LogP contribution in [-0.4, -0.2) is 13.9 Å². The molecule has 2 nitrogen and oxygen atoms in total. The first kappa shape index (κ1) is 21.1. The van der Waals surface area contributed by atoms with Gasteiger partial charge in [0.05, 0.1) is 0 Å². The minimum absolute atomic E-state index is 0. The average molecular weight is 413 g/mol. The summed E-state index contributed by atoms with van der Waals surface area (Å²) in [5, 5.41) is 0. The Morgan fingerprint density at radius 1 is 0.774 bits per heavy atom. The Morgan fingerprint density at radius 3 is 1.68 bits per heavy atom. The van der Waals surface area contributed by atoms with Gasteiger partial charge < -0.3 is 9.47 Å². The van der Waals surface area contributed by atoms with Crippen LogP contribution in [0.15, 0.2) is 12.1 Å². The largest absolute Gasteiger partial charge is 1.00 e. The summed E-state index contributed by atoms with van der Waals surface area (Å²) in [6, 6.07) is 8.68. The second-order valence-electron chi connectivity index (χ2n) is 12.6. The second kappa shape index (κ2) is 7.55. The first-order valence-electron chi connectivity index (χ1n) is 12.8. The molecule has 0 unspecified atom stereocenters. The molecule has 8 fully saturated rings. The topological polar surface area (TPSA) is 18.5 Å². The van der Waals surface area contributed by atoms with Crippen molar-refractivity contribution in [3.8, 4) is 5.75 Å². The van der Waals surface area contributed by atoms with Gasteiger partial charge in [-0.25, -0.2) is 0 Å². The fourth-order valence-electron chi connectivity index (χ4n) is 10.3. The monoisotopic (exact) mass is 412 g/mol. The summed E-state index contributed by atoms with van der Waals surface area (Å²) >= 11 is 0. The molecule has 0 heterocycles. The van der Waals surface area contributed by atoms with E-state index in [0.717, 1.165) is 41.3 Å². The average Bonchev–Trinajstić information content (AvgIpc) is 2.70. The summed E-state index contributed by atoms with van der Waals surface area (Å²) in [6.45, 7) is 0.340. The first-order chi connectivity index (χ1) is 14.6. The molecule has 0 atom stereocenters. The Morgan fingerprint density at radius 2 is 1.23 bits per heavy atom. The van der Waals surface area contributed by atoms with Gasteiger partial charge in [-0.2, -0.15) is 12.1 Å². The van der Waals surface area contributed by atoms with E-state index in [0.29, 0.717) is 17.6 Å². The third kappa shape index (κ3) is 3.30. The Bertz CT molecular complexity index is 775. The molecule has 3 heteroatoms. The molecule has 0 N–H and O–H groups in total. The van der Waals surface area contributed by atoms with E-state index in [2.05, 4.69) is 18.2 Å². The number of rotatable bonds is 5. The number of hydrogen-bond donors (Lipinski definition) is 0. The molecule has 0 radical (unpaired) electrons. The summed E-state index contributed by atoms with van der Waals surface area (Å²) in [5.74, 6) is 6.84. The van der Waals surface area contributed by atoms with Gasteiger partial charge in [0.1, 0.15) is 0 Å². The van der Waals surface area contributed by atoms with Crippen molar-refractivity contribution in [3.63, 3.8) is 0 Å². The molecule has 9 rings (SSSR count). The van der Waals surface area contributed by atoms with E-state index < -0.39 is 0 Å². The summed E-state index contributed by atoms with van der Waals surface area (Å²) in [6.07, 6.45) is 17.5. The Hall–Kier alpha value is -0.423. The van der Waals surface area contributed by atoms with Gasteiger partial charge in [0, 0.05) is 12.9 Å². The molecule has 1 aromatic carbocycles. The van der Waals surface area contributed by atoms with E-state index in [9.17, 15) is 0 Å². The normalized spacial score (nSPS) is 46.2. The number of methoxy groups -OCH3 is 1. The van der Waals surface area contributed by atoms with E-state index in [4.69, 9.17) is 9.47 Å². The van der Waals surface area contributed by atoms with Crippen molar-refractivity contribution in [1.82, 2.24) is 0 Å². The van der Waals surface area contributed by atoms with Crippen molar-refractivity contribution in [3.05, 3.63) is 29.3 Å². The molecule has 31 heavy (non-hydrogen) atoms. The van der Waals surface area contributed by atoms with Crippen molar-refractivity contribution in [2.45, 2.75) is 87.9 Å².